The van der Waals surface area contributed by atoms with Crippen molar-refractivity contribution in [1.82, 2.24) is 4.98 Å². The number of nitrogens with two attached hydrogens (primary N) is 1. The number of carboxylic acid groups (broad SMARTS) is 1. The minimum absolute atomic E-state index is 0.0861. The van der Waals surface area contributed by atoms with Crippen molar-refractivity contribution >= 4 is 17.5 Å². The molecule has 1 saturated heterocycles. The molecule has 1 fully saturated rings. The molecule has 16 heavy (non-hydrogen) atoms. The summed E-state index contributed by atoms with van der Waals surface area (Å²) in [5.74, 6) is -0.534. The third-order valence-corrected chi connectivity index (χ3v) is 2.45. The number of nitrogens with one attached hydrogen (secondary N) is 1. The van der Waals surface area contributed by atoms with E-state index in [0.29, 0.717) is 18.1 Å². The summed E-state index contributed by atoms with van der Waals surface area (Å²) in [7, 11) is 0. The first-order valence-corrected chi connectivity index (χ1v) is 5.01. The number of aromatic nitrogens is 1. The van der Waals surface area contributed by atoms with Crippen LogP contribution in [-0.4, -0.2) is 35.3 Å². The van der Waals surface area contributed by atoms with Crippen LogP contribution in [0.15, 0.2) is 12.3 Å². The van der Waals surface area contributed by atoms with Crippen molar-refractivity contribution < 1.29 is 14.6 Å². The van der Waals surface area contributed by atoms with Crippen LogP contribution in [-0.2, 0) is 4.74 Å². The summed E-state index contributed by atoms with van der Waals surface area (Å²) in [5.41, 5.74) is 6.09. The zero-order valence-corrected chi connectivity index (χ0v) is 8.64. The molecule has 1 aromatic rings. The second kappa shape index (κ2) is 4.36. The van der Waals surface area contributed by atoms with Gasteiger partial charge in [0.2, 0.25) is 0 Å². The van der Waals surface area contributed by atoms with E-state index in [9.17, 15) is 4.79 Å². The molecule has 0 spiro atoms. The molecule has 6 nitrogen and oxygen atoms in total. The zero-order valence-electron chi connectivity index (χ0n) is 8.64. The highest BCUT2D eigenvalue weighted by molar-refractivity contribution is 5.89. The van der Waals surface area contributed by atoms with E-state index in [4.69, 9.17) is 15.6 Å². The number of nitrogens with zero attached hydrogens (tertiary/aromatic N) is 1. The molecule has 0 aromatic carbocycles. The molecule has 1 aromatic heterocycles. The molecule has 2 heterocycles. The number of hydrogen-bond acceptors (Lipinski definition) is 5. The van der Waals surface area contributed by atoms with Crippen molar-refractivity contribution in [3.05, 3.63) is 17.8 Å². The van der Waals surface area contributed by atoms with E-state index in [0.717, 1.165) is 13.0 Å². The molecular weight excluding hydrogens is 210 g/mol. The lowest BCUT2D eigenvalue weighted by atomic mass is 10.2. The van der Waals surface area contributed by atoms with Gasteiger partial charge in [0, 0.05) is 19.3 Å². The second-order valence-corrected chi connectivity index (χ2v) is 3.63. The van der Waals surface area contributed by atoms with Gasteiger partial charge in [0.25, 0.3) is 0 Å². The lowest BCUT2D eigenvalue weighted by Gasteiger charge is -2.26. The van der Waals surface area contributed by atoms with Crippen LogP contribution < -0.4 is 11.1 Å². The predicted molar refractivity (Wildman–Crippen MR) is 58.5 cm³/mol. The third kappa shape index (κ3) is 2.22. The van der Waals surface area contributed by atoms with Crippen LogP contribution in [0.4, 0.5) is 11.5 Å². The van der Waals surface area contributed by atoms with Crippen LogP contribution in [0.2, 0.25) is 0 Å². The monoisotopic (exact) mass is 223 g/mol. The number of nitrogen functional groups attached to an aromatic ring is 1. The summed E-state index contributed by atoms with van der Waals surface area (Å²) in [4.78, 5) is 14.6. The summed E-state index contributed by atoms with van der Waals surface area (Å²) >= 11 is 0. The Hall–Kier alpha value is -1.82. The summed E-state index contributed by atoms with van der Waals surface area (Å²) in [5, 5.41) is 11.8. The normalized spacial score (nSPS) is 18.9. The third-order valence-electron chi connectivity index (χ3n) is 2.45. The standard InChI is InChI=1S/C10H13N3O3/c11-8-3-6(10(14)15)4-12-9(8)13-5-7-1-2-16-7/h3-4,7H,1-2,5,11H2,(H,12,13)(H,14,15). The number of ether oxygens (including phenoxy) is 1. The molecule has 2 rings (SSSR count). The van der Waals surface area contributed by atoms with Crippen molar-refractivity contribution in [3.63, 3.8) is 0 Å². The largest absolute Gasteiger partial charge is 0.478 e. The van der Waals surface area contributed by atoms with Crippen LogP contribution in [0.5, 0.6) is 0 Å². The van der Waals surface area contributed by atoms with E-state index in [-0.39, 0.29) is 11.7 Å². The van der Waals surface area contributed by atoms with Gasteiger partial charge in [0.1, 0.15) is 5.82 Å². The molecule has 1 aliphatic rings. The number of aromatic carboxylic acids is 1. The lowest BCUT2D eigenvalue weighted by molar-refractivity contribution is -0.0410. The van der Waals surface area contributed by atoms with Gasteiger partial charge in [-0.1, -0.05) is 0 Å². The summed E-state index contributed by atoms with van der Waals surface area (Å²) < 4.78 is 5.23. The fraction of sp³-hybridized carbons (Fsp3) is 0.400. The fourth-order valence-electron chi connectivity index (χ4n) is 1.40. The minimum atomic E-state index is -1.03. The van der Waals surface area contributed by atoms with E-state index in [2.05, 4.69) is 10.3 Å². The van der Waals surface area contributed by atoms with Crippen molar-refractivity contribution in [1.29, 1.82) is 0 Å². The molecule has 0 amide bonds. The van der Waals surface area contributed by atoms with E-state index >= 15 is 0 Å². The van der Waals surface area contributed by atoms with Gasteiger partial charge in [-0.15, -0.1) is 0 Å². The number of rotatable bonds is 4. The average Bonchev–Trinajstić information content (AvgIpc) is 2.17. The molecule has 4 N–H and O–H groups in total. The maximum absolute atomic E-state index is 10.7. The highest BCUT2D eigenvalue weighted by atomic mass is 16.5. The Balaban J connectivity index is 2.00. The first kappa shape index (κ1) is 10.7. The van der Waals surface area contributed by atoms with Gasteiger partial charge >= 0.3 is 5.97 Å². The Morgan fingerprint density at radius 2 is 2.50 bits per heavy atom. The van der Waals surface area contributed by atoms with E-state index in [1.807, 2.05) is 0 Å². The van der Waals surface area contributed by atoms with Crippen LogP contribution in [0.3, 0.4) is 0 Å². The van der Waals surface area contributed by atoms with Gasteiger partial charge in [-0.2, -0.15) is 0 Å². The fourth-order valence-corrected chi connectivity index (χ4v) is 1.40. The van der Waals surface area contributed by atoms with Crippen molar-refractivity contribution in [2.24, 2.45) is 0 Å². The molecule has 0 bridgehead atoms. The Bertz CT molecular complexity index is 404. The molecule has 0 aliphatic carbocycles. The van der Waals surface area contributed by atoms with Crippen LogP contribution in [0.25, 0.3) is 0 Å². The van der Waals surface area contributed by atoms with Crippen molar-refractivity contribution in [3.8, 4) is 0 Å². The quantitative estimate of drug-likeness (QED) is 0.690. The van der Waals surface area contributed by atoms with Gasteiger partial charge in [-0.25, -0.2) is 9.78 Å². The van der Waals surface area contributed by atoms with Gasteiger partial charge in [-0.05, 0) is 12.5 Å². The SMILES string of the molecule is Nc1cc(C(=O)O)cnc1NCC1CCO1. The molecule has 86 valence electrons. The van der Waals surface area contributed by atoms with E-state index in [1.165, 1.54) is 12.3 Å². The first-order valence-electron chi connectivity index (χ1n) is 5.01. The summed E-state index contributed by atoms with van der Waals surface area (Å²) in [6, 6.07) is 1.39. The topological polar surface area (TPSA) is 97.5 Å². The number of hydrogen-bond donors (Lipinski definition) is 3. The van der Waals surface area contributed by atoms with Gasteiger partial charge in [0.15, 0.2) is 0 Å². The average molecular weight is 223 g/mol. The number of pyridine rings is 1. The van der Waals surface area contributed by atoms with Crippen LogP contribution in [0, 0.1) is 0 Å². The molecule has 1 aliphatic heterocycles. The second-order valence-electron chi connectivity index (χ2n) is 3.63. The number of carboxylic acids is 1. The summed E-state index contributed by atoms with van der Waals surface area (Å²) in [6.07, 6.45) is 2.52. The molecule has 0 radical (unpaired) electrons. The maximum atomic E-state index is 10.7. The zero-order chi connectivity index (χ0) is 11.5. The Kier molecular flexibility index (Phi) is 2.91. The molecule has 6 heteroatoms. The number of anilines is 2. The van der Waals surface area contributed by atoms with Crippen LogP contribution in [0.1, 0.15) is 16.8 Å². The lowest BCUT2D eigenvalue weighted by Crippen LogP contribution is -2.33. The smallest absolute Gasteiger partial charge is 0.337 e. The Morgan fingerprint density at radius 3 is 3.00 bits per heavy atom. The highest BCUT2D eigenvalue weighted by Crippen LogP contribution is 2.18. The van der Waals surface area contributed by atoms with E-state index < -0.39 is 5.97 Å². The maximum Gasteiger partial charge on any atom is 0.337 e. The number of carbonyl (C=O) groups is 1. The van der Waals surface area contributed by atoms with E-state index in [1.54, 1.807) is 0 Å². The Labute approximate surface area is 92.4 Å². The van der Waals surface area contributed by atoms with Crippen molar-refractivity contribution in [2.75, 3.05) is 24.2 Å². The first-order chi connectivity index (χ1) is 7.66. The molecule has 1 unspecified atom stereocenters. The van der Waals surface area contributed by atoms with Gasteiger partial charge in [-0.3, -0.25) is 0 Å². The molecular formula is C10H13N3O3. The highest BCUT2D eigenvalue weighted by Gasteiger charge is 2.18. The van der Waals surface area contributed by atoms with Gasteiger partial charge in [0.05, 0.1) is 17.4 Å². The van der Waals surface area contributed by atoms with Gasteiger partial charge < -0.3 is 20.9 Å². The van der Waals surface area contributed by atoms with Crippen molar-refractivity contribution in [2.45, 2.75) is 12.5 Å². The predicted octanol–water partition coefficient (Wildman–Crippen LogP) is 0.563. The molecule has 0 saturated carbocycles. The Morgan fingerprint density at radius 1 is 1.75 bits per heavy atom. The summed E-state index contributed by atoms with van der Waals surface area (Å²) in [6.45, 7) is 1.44. The van der Waals surface area contributed by atoms with Crippen LogP contribution >= 0.6 is 0 Å². The molecule has 1 atom stereocenters. The minimum Gasteiger partial charge on any atom is -0.478 e.